The number of aromatic hydroxyl groups is 1. The number of anilines is 1. The lowest BCUT2D eigenvalue weighted by atomic mass is 10.0. The molecule has 0 saturated carbocycles. The van der Waals surface area contributed by atoms with E-state index < -0.39 is 6.17 Å². The molecule has 0 bridgehead atoms. The molecule has 2 aliphatic heterocycles. The number of fused-ring (bicyclic) bond motifs is 3. The van der Waals surface area contributed by atoms with Crippen LogP contribution in [0.2, 0.25) is 0 Å². The van der Waals surface area contributed by atoms with E-state index in [-0.39, 0.29) is 17.7 Å². The molecule has 2 amide bonds. The van der Waals surface area contributed by atoms with Crippen molar-refractivity contribution in [2.45, 2.75) is 26.1 Å². The lowest BCUT2D eigenvalue weighted by molar-refractivity contribution is 0.0934. The molecule has 28 heavy (non-hydrogen) atoms. The van der Waals surface area contributed by atoms with E-state index in [1.807, 2.05) is 0 Å². The molecule has 1 atom stereocenters. The molecular formula is C19H21N3O5S. The van der Waals surface area contributed by atoms with Crippen LogP contribution in [0.15, 0.2) is 18.2 Å². The molecule has 2 aromatic rings. The average molecular weight is 403 g/mol. The Morgan fingerprint density at radius 3 is 2.93 bits per heavy atom. The highest BCUT2D eigenvalue weighted by Crippen LogP contribution is 2.41. The Kier molecular flexibility index (Phi) is 4.76. The first kappa shape index (κ1) is 18.4. The molecule has 4 rings (SSSR count). The Morgan fingerprint density at radius 2 is 2.21 bits per heavy atom. The second-order valence-corrected chi connectivity index (χ2v) is 7.67. The lowest BCUT2D eigenvalue weighted by Gasteiger charge is -2.28. The van der Waals surface area contributed by atoms with E-state index in [9.17, 15) is 14.7 Å². The summed E-state index contributed by atoms with van der Waals surface area (Å²) in [6, 6.07) is 5.01. The topological polar surface area (TPSA) is 100 Å². The molecule has 148 valence electrons. The Labute approximate surface area is 166 Å². The number of hydrogen-bond acceptors (Lipinski definition) is 7. The zero-order chi connectivity index (χ0) is 19.8. The standard InChI is InChI=1S/C19H21N3O5S/c1-3-27-19(25)22-7-6-11-14(9-22)28-18-15(11)17(24)20-16(21-18)10-4-5-13(26-2)12(23)8-10/h4-5,8,16,21,23H,3,6-7,9H2,1-2H3,(H,20,24). The number of rotatable bonds is 3. The molecule has 0 aliphatic carbocycles. The quantitative estimate of drug-likeness (QED) is 0.729. The van der Waals surface area contributed by atoms with E-state index in [2.05, 4.69) is 10.6 Å². The van der Waals surface area contributed by atoms with Gasteiger partial charge in [-0.1, -0.05) is 6.07 Å². The molecule has 0 radical (unpaired) electrons. The van der Waals surface area contributed by atoms with Gasteiger partial charge in [-0.3, -0.25) is 4.79 Å². The molecular weight excluding hydrogens is 382 g/mol. The van der Waals surface area contributed by atoms with E-state index >= 15 is 0 Å². The maximum atomic E-state index is 12.8. The number of ether oxygens (including phenoxy) is 2. The van der Waals surface area contributed by atoms with Gasteiger partial charge in [0.05, 0.1) is 25.8 Å². The number of thiophene rings is 1. The van der Waals surface area contributed by atoms with Crippen LogP contribution in [0.1, 0.15) is 39.5 Å². The Hall–Kier alpha value is -2.94. The molecule has 1 unspecified atom stereocenters. The molecule has 2 aliphatic rings. The van der Waals surface area contributed by atoms with Gasteiger partial charge in [0.2, 0.25) is 0 Å². The highest BCUT2D eigenvalue weighted by molar-refractivity contribution is 7.16. The van der Waals surface area contributed by atoms with Crippen molar-refractivity contribution in [3.63, 3.8) is 0 Å². The van der Waals surface area contributed by atoms with Crippen molar-refractivity contribution in [2.75, 3.05) is 25.6 Å². The van der Waals surface area contributed by atoms with Gasteiger partial charge < -0.3 is 30.1 Å². The summed E-state index contributed by atoms with van der Waals surface area (Å²) in [5.41, 5.74) is 2.36. The van der Waals surface area contributed by atoms with Crippen LogP contribution in [0.25, 0.3) is 0 Å². The monoisotopic (exact) mass is 403 g/mol. The van der Waals surface area contributed by atoms with Gasteiger partial charge >= 0.3 is 6.09 Å². The molecule has 8 nitrogen and oxygen atoms in total. The summed E-state index contributed by atoms with van der Waals surface area (Å²) in [6.45, 7) is 3.08. The number of phenolic OH excluding ortho intramolecular Hbond substituents is 1. The summed E-state index contributed by atoms with van der Waals surface area (Å²) < 4.78 is 10.2. The maximum Gasteiger partial charge on any atom is 0.410 e. The van der Waals surface area contributed by atoms with Gasteiger partial charge in [-0.25, -0.2) is 4.79 Å². The number of hydrogen-bond donors (Lipinski definition) is 3. The van der Waals surface area contributed by atoms with Crippen LogP contribution in [0.5, 0.6) is 11.5 Å². The average Bonchev–Trinajstić information content (AvgIpc) is 3.06. The molecule has 3 N–H and O–H groups in total. The summed E-state index contributed by atoms with van der Waals surface area (Å²) in [7, 11) is 1.48. The van der Waals surface area contributed by atoms with Crippen molar-refractivity contribution in [2.24, 2.45) is 0 Å². The third-order valence-electron chi connectivity index (χ3n) is 4.90. The minimum absolute atomic E-state index is 0.0115. The zero-order valence-electron chi connectivity index (χ0n) is 15.6. The molecule has 0 saturated heterocycles. The number of methoxy groups -OCH3 is 1. The summed E-state index contributed by atoms with van der Waals surface area (Å²) in [6.07, 6.45) is -0.176. The van der Waals surface area contributed by atoms with Crippen molar-refractivity contribution < 1.29 is 24.2 Å². The predicted molar refractivity (Wildman–Crippen MR) is 104 cm³/mol. The van der Waals surface area contributed by atoms with Crippen LogP contribution < -0.4 is 15.4 Å². The van der Waals surface area contributed by atoms with Gasteiger partial charge in [-0.15, -0.1) is 11.3 Å². The van der Waals surface area contributed by atoms with Gasteiger partial charge in [0, 0.05) is 11.4 Å². The Bertz CT molecular complexity index is 942. The lowest BCUT2D eigenvalue weighted by Crippen LogP contribution is -2.39. The summed E-state index contributed by atoms with van der Waals surface area (Å²) in [4.78, 5) is 27.5. The largest absolute Gasteiger partial charge is 0.504 e. The molecule has 1 aromatic heterocycles. The Morgan fingerprint density at radius 1 is 1.39 bits per heavy atom. The van der Waals surface area contributed by atoms with E-state index in [1.165, 1.54) is 18.4 Å². The molecule has 3 heterocycles. The first-order chi connectivity index (χ1) is 13.5. The molecule has 0 spiro atoms. The zero-order valence-corrected chi connectivity index (χ0v) is 16.4. The van der Waals surface area contributed by atoms with Crippen molar-refractivity contribution in [3.8, 4) is 11.5 Å². The second kappa shape index (κ2) is 7.23. The molecule has 0 fully saturated rings. The maximum absolute atomic E-state index is 12.8. The van der Waals surface area contributed by atoms with Crippen molar-refractivity contribution >= 4 is 28.3 Å². The number of benzene rings is 1. The van der Waals surface area contributed by atoms with Crippen LogP contribution in [-0.2, 0) is 17.7 Å². The fourth-order valence-corrected chi connectivity index (χ4v) is 4.83. The van der Waals surface area contributed by atoms with E-state index in [0.29, 0.717) is 37.4 Å². The van der Waals surface area contributed by atoms with Gasteiger partial charge in [0.15, 0.2) is 11.5 Å². The number of carbonyl (C=O) groups excluding carboxylic acids is 2. The van der Waals surface area contributed by atoms with E-state index in [1.54, 1.807) is 30.0 Å². The van der Waals surface area contributed by atoms with Crippen molar-refractivity contribution in [1.82, 2.24) is 10.2 Å². The fourth-order valence-electron chi connectivity index (χ4n) is 3.54. The minimum atomic E-state index is -0.460. The van der Waals surface area contributed by atoms with Crippen LogP contribution in [0.4, 0.5) is 9.80 Å². The smallest absolute Gasteiger partial charge is 0.410 e. The normalized spacial score (nSPS) is 17.9. The van der Waals surface area contributed by atoms with Crippen LogP contribution in [0.3, 0.4) is 0 Å². The van der Waals surface area contributed by atoms with Crippen molar-refractivity contribution in [1.29, 1.82) is 0 Å². The first-order valence-corrected chi connectivity index (χ1v) is 9.84. The fraction of sp³-hybridized carbons (Fsp3) is 0.368. The number of amides is 2. The first-order valence-electron chi connectivity index (χ1n) is 9.02. The minimum Gasteiger partial charge on any atom is -0.504 e. The molecule has 1 aromatic carbocycles. The van der Waals surface area contributed by atoms with Gasteiger partial charge in [0.1, 0.15) is 11.2 Å². The summed E-state index contributed by atoms with van der Waals surface area (Å²) >= 11 is 1.48. The summed E-state index contributed by atoms with van der Waals surface area (Å²) in [5, 5.41) is 17.1. The van der Waals surface area contributed by atoms with E-state index in [4.69, 9.17) is 9.47 Å². The van der Waals surface area contributed by atoms with Gasteiger partial charge in [0.25, 0.3) is 5.91 Å². The van der Waals surface area contributed by atoms with Crippen LogP contribution >= 0.6 is 11.3 Å². The summed E-state index contributed by atoms with van der Waals surface area (Å²) in [5.74, 6) is 0.228. The van der Waals surface area contributed by atoms with Crippen LogP contribution in [-0.4, -0.2) is 42.3 Å². The van der Waals surface area contributed by atoms with Crippen LogP contribution in [0, 0.1) is 0 Å². The predicted octanol–water partition coefficient (Wildman–Crippen LogP) is 2.83. The third kappa shape index (κ3) is 3.11. The Balaban J connectivity index is 1.59. The van der Waals surface area contributed by atoms with Crippen molar-refractivity contribution in [3.05, 3.63) is 39.8 Å². The van der Waals surface area contributed by atoms with E-state index in [0.717, 1.165) is 21.0 Å². The molecule has 9 heteroatoms. The van der Waals surface area contributed by atoms with Gasteiger partial charge in [-0.05, 0) is 36.6 Å². The number of nitrogens with zero attached hydrogens (tertiary/aromatic N) is 1. The highest BCUT2D eigenvalue weighted by atomic mass is 32.1. The third-order valence-corrected chi connectivity index (χ3v) is 6.05. The SMILES string of the molecule is CCOC(=O)N1CCc2c(sc3c2C(=O)NC(c2ccc(OC)c(O)c2)N3)C1. The number of phenols is 1. The highest BCUT2D eigenvalue weighted by Gasteiger charge is 2.34. The number of carbonyl (C=O) groups is 2. The van der Waals surface area contributed by atoms with Gasteiger partial charge in [-0.2, -0.15) is 0 Å². The number of nitrogens with one attached hydrogen (secondary N) is 2. The second-order valence-electron chi connectivity index (χ2n) is 6.56.